The Morgan fingerprint density at radius 1 is 1.48 bits per heavy atom. The van der Waals surface area contributed by atoms with Crippen molar-refractivity contribution in [2.75, 3.05) is 32.8 Å². The molecule has 118 valence electrons. The summed E-state index contributed by atoms with van der Waals surface area (Å²) in [6.07, 6.45) is 2.35. The fourth-order valence-corrected chi connectivity index (χ4v) is 2.84. The highest BCUT2D eigenvalue weighted by Crippen LogP contribution is 2.25. The monoisotopic (exact) mass is 292 g/mol. The molecule has 1 aliphatic rings. The molecule has 1 heterocycles. The third kappa shape index (κ3) is 4.70. The molecule has 1 aliphatic heterocycles. The van der Waals surface area contributed by atoms with Crippen LogP contribution in [0, 0.1) is 0 Å². The maximum atomic E-state index is 6.06. The summed E-state index contributed by atoms with van der Waals surface area (Å²) in [5.74, 6) is 0.937. The lowest BCUT2D eigenvalue weighted by Gasteiger charge is -2.31. The van der Waals surface area contributed by atoms with Crippen LogP contribution in [0.25, 0.3) is 0 Å². The molecule has 0 saturated carbocycles. The normalized spacial score (nSPS) is 21.8. The summed E-state index contributed by atoms with van der Waals surface area (Å²) in [7, 11) is 0. The van der Waals surface area contributed by atoms with Crippen LogP contribution < -0.4 is 10.5 Å². The van der Waals surface area contributed by atoms with Crippen molar-refractivity contribution in [1.29, 1.82) is 0 Å². The molecule has 0 amide bonds. The molecule has 0 bridgehead atoms. The Hall–Kier alpha value is -1.10. The van der Waals surface area contributed by atoms with E-state index in [2.05, 4.69) is 36.9 Å². The van der Waals surface area contributed by atoms with Crippen LogP contribution in [0.5, 0.6) is 5.75 Å². The minimum atomic E-state index is 0.235. The molecular formula is C17H28N2O2. The summed E-state index contributed by atoms with van der Waals surface area (Å²) < 4.78 is 11.5. The Kier molecular flexibility index (Phi) is 6.49. The van der Waals surface area contributed by atoms with Gasteiger partial charge in [0.1, 0.15) is 5.75 Å². The molecule has 1 aromatic rings. The van der Waals surface area contributed by atoms with E-state index in [9.17, 15) is 0 Å². The lowest BCUT2D eigenvalue weighted by Crippen LogP contribution is -2.37. The molecule has 1 aromatic carbocycles. The first-order chi connectivity index (χ1) is 10.2. The van der Waals surface area contributed by atoms with Gasteiger partial charge in [-0.3, -0.25) is 4.90 Å². The van der Waals surface area contributed by atoms with Gasteiger partial charge < -0.3 is 15.2 Å². The average Bonchev–Trinajstić information content (AvgIpc) is 2.71. The van der Waals surface area contributed by atoms with Gasteiger partial charge >= 0.3 is 0 Å². The van der Waals surface area contributed by atoms with E-state index in [1.807, 2.05) is 6.07 Å². The molecule has 4 heteroatoms. The fourth-order valence-electron chi connectivity index (χ4n) is 2.84. The number of hydrogen-bond acceptors (Lipinski definition) is 4. The average molecular weight is 292 g/mol. The molecule has 2 atom stereocenters. The predicted octanol–water partition coefficient (Wildman–Crippen LogP) is 2.59. The van der Waals surface area contributed by atoms with Gasteiger partial charge in [0, 0.05) is 32.3 Å². The summed E-state index contributed by atoms with van der Waals surface area (Å²) in [6, 6.07) is 8.58. The zero-order valence-electron chi connectivity index (χ0n) is 13.3. The number of ether oxygens (including phenoxy) is 2. The van der Waals surface area contributed by atoms with E-state index >= 15 is 0 Å². The van der Waals surface area contributed by atoms with Crippen LogP contribution in [-0.2, 0) is 4.74 Å². The molecule has 2 unspecified atom stereocenters. The lowest BCUT2D eigenvalue weighted by molar-refractivity contribution is 0.0611. The van der Waals surface area contributed by atoms with Crippen LogP contribution in [-0.4, -0.2) is 43.9 Å². The van der Waals surface area contributed by atoms with Crippen molar-refractivity contribution in [1.82, 2.24) is 4.90 Å². The first kappa shape index (κ1) is 16.3. The standard InChI is InChI=1S/C17H28N2O2/c1-3-9-21-16-7-4-6-15(11-16)17(12-18)19-8-5-10-20-14(2)13-19/h4,6-7,11,14,17H,3,5,8-10,12-13,18H2,1-2H3. The zero-order valence-corrected chi connectivity index (χ0v) is 13.3. The molecule has 4 nitrogen and oxygen atoms in total. The van der Waals surface area contributed by atoms with Crippen LogP contribution in [0.4, 0.5) is 0 Å². The first-order valence-electron chi connectivity index (χ1n) is 8.03. The number of rotatable bonds is 6. The first-order valence-corrected chi connectivity index (χ1v) is 8.03. The summed E-state index contributed by atoms with van der Waals surface area (Å²) in [6.45, 7) is 8.43. The second-order valence-corrected chi connectivity index (χ2v) is 5.70. The molecule has 1 saturated heterocycles. The molecule has 0 radical (unpaired) electrons. The van der Waals surface area contributed by atoms with Crippen molar-refractivity contribution in [2.24, 2.45) is 5.73 Å². The predicted molar refractivity (Wildman–Crippen MR) is 85.6 cm³/mol. The van der Waals surface area contributed by atoms with E-state index in [4.69, 9.17) is 15.2 Å². The highest BCUT2D eigenvalue weighted by molar-refractivity contribution is 5.31. The highest BCUT2D eigenvalue weighted by Gasteiger charge is 2.23. The molecule has 21 heavy (non-hydrogen) atoms. The summed E-state index contributed by atoms with van der Waals surface area (Å²) >= 11 is 0. The van der Waals surface area contributed by atoms with Crippen LogP contribution >= 0.6 is 0 Å². The van der Waals surface area contributed by atoms with Gasteiger partial charge in [0.25, 0.3) is 0 Å². The van der Waals surface area contributed by atoms with Crippen LogP contribution in [0.2, 0.25) is 0 Å². The van der Waals surface area contributed by atoms with Gasteiger partial charge in [-0.05, 0) is 37.5 Å². The molecule has 0 spiro atoms. The zero-order chi connectivity index (χ0) is 15.1. The Morgan fingerprint density at radius 3 is 3.10 bits per heavy atom. The van der Waals surface area contributed by atoms with Crippen molar-refractivity contribution >= 4 is 0 Å². The Labute approximate surface area is 128 Å². The largest absolute Gasteiger partial charge is 0.494 e. The van der Waals surface area contributed by atoms with Gasteiger partial charge in [-0.1, -0.05) is 19.1 Å². The molecule has 1 fully saturated rings. The van der Waals surface area contributed by atoms with E-state index in [0.717, 1.165) is 44.9 Å². The summed E-state index contributed by atoms with van der Waals surface area (Å²) in [4.78, 5) is 2.44. The van der Waals surface area contributed by atoms with Gasteiger partial charge in [0.15, 0.2) is 0 Å². The smallest absolute Gasteiger partial charge is 0.119 e. The van der Waals surface area contributed by atoms with Crippen molar-refractivity contribution in [3.63, 3.8) is 0 Å². The maximum Gasteiger partial charge on any atom is 0.119 e. The maximum absolute atomic E-state index is 6.06. The number of nitrogens with two attached hydrogens (primary N) is 1. The minimum Gasteiger partial charge on any atom is -0.494 e. The summed E-state index contributed by atoms with van der Waals surface area (Å²) in [5.41, 5.74) is 7.30. The number of nitrogens with zero attached hydrogens (tertiary/aromatic N) is 1. The van der Waals surface area contributed by atoms with Crippen LogP contribution in [0.15, 0.2) is 24.3 Å². The SMILES string of the molecule is CCCOc1cccc(C(CN)N2CCCOC(C)C2)c1. The molecule has 2 N–H and O–H groups in total. The van der Waals surface area contributed by atoms with Crippen molar-refractivity contribution < 1.29 is 9.47 Å². The topological polar surface area (TPSA) is 47.7 Å². The van der Waals surface area contributed by atoms with Gasteiger partial charge in [-0.2, -0.15) is 0 Å². The molecule has 2 rings (SSSR count). The lowest BCUT2D eigenvalue weighted by atomic mass is 10.0. The highest BCUT2D eigenvalue weighted by atomic mass is 16.5. The van der Waals surface area contributed by atoms with Crippen molar-refractivity contribution in [3.05, 3.63) is 29.8 Å². The quantitative estimate of drug-likeness (QED) is 0.875. The Bertz CT molecular complexity index is 425. The Balaban J connectivity index is 2.12. The van der Waals surface area contributed by atoms with E-state index in [1.165, 1.54) is 5.56 Å². The van der Waals surface area contributed by atoms with E-state index in [0.29, 0.717) is 6.54 Å². The number of hydrogen-bond donors (Lipinski definition) is 1. The van der Waals surface area contributed by atoms with Gasteiger partial charge in [-0.15, -0.1) is 0 Å². The van der Waals surface area contributed by atoms with E-state index in [-0.39, 0.29) is 12.1 Å². The van der Waals surface area contributed by atoms with Gasteiger partial charge in [0.05, 0.1) is 12.7 Å². The van der Waals surface area contributed by atoms with Gasteiger partial charge in [0.2, 0.25) is 0 Å². The molecule has 0 aromatic heterocycles. The summed E-state index contributed by atoms with van der Waals surface area (Å²) in [5, 5.41) is 0. The van der Waals surface area contributed by atoms with Gasteiger partial charge in [-0.25, -0.2) is 0 Å². The fraction of sp³-hybridized carbons (Fsp3) is 0.647. The van der Waals surface area contributed by atoms with E-state index < -0.39 is 0 Å². The molecular weight excluding hydrogens is 264 g/mol. The van der Waals surface area contributed by atoms with Crippen LogP contribution in [0.1, 0.15) is 38.3 Å². The molecule has 0 aliphatic carbocycles. The second-order valence-electron chi connectivity index (χ2n) is 5.70. The number of benzene rings is 1. The Morgan fingerprint density at radius 2 is 2.33 bits per heavy atom. The third-order valence-electron chi connectivity index (χ3n) is 3.86. The van der Waals surface area contributed by atoms with E-state index in [1.54, 1.807) is 0 Å². The third-order valence-corrected chi connectivity index (χ3v) is 3.86. The minimum absolute atomic E-state index is 0.235. The van der Waals surface area contributed by atoms with Crippen molar-refractivity contribution in [3.8, 4) is 5.75 Å². The van der Waals surface area contributed by atoms with Crippen LogP contribution in [0.3, 0.4) is 0 Å². The second kappa shape index (κ2) is 8.37. The van der Waals surface area contributed by atoms with Crippen molar-refractivity contribution in [2.45, 2.75) is 38.8 Å².